The molecular formula is C9H14O3. The molecule has 1 aliphatic carbocycles. The van der Waals surface area contributed by atoms with Gasteiger partial charge in [0.25, 0.3) is 0 Å². The van der Waals surface area contributed by atoms with Crippen LogP contribution in [0.25, 0.3) is 0 Å². The van der Waals surface area contributed by atoms with Crippen molar-refractivity contribution in [2.45, 2.75) is 25.4 Å². The van der Waals surface area contributed by atoms with Crippen LogP contribution in [0.15, 0.2) is 12.2 Å². The molecule has 0 amide bonds. The summed E-state index contributed by atoms with van der Waals surface area (Å²) in [6, 6.07) is 0. The smallest absolute Gasteiger partial charge is 0.333 e. The lowest BCUT2D eigenvalue weighted by atomic mass is 9.97. The highest BCUT2D eigenvalue weighted by Crippen LogP contribution is 2.31. The van der Waals surface area contributed by atoms with Crippen molar-refractivity contribution in [3.05, 3.63) is 12.2 Å². The minimum atomic E-state index is -0.406. The van der Waals surface area contributed by atoms with Crippen LogP contribution < -0.4 is 0 Å². The molecule has 68 valence electrons. The Balaban J connectivity index is 2.57. The third-order valence-electron chi connectivity index (χ3n) is 2.37. The van der Waals surface area contributed by atoms with Gasteiger partial charge in [0.2, 0.25) is 0 Å². The molecule has 1 aliphatic rings. The van der Waals surface area contributed by atoms with Crippen LogP contribution in [0.2, 0.25) is 0 Å². The Kier molecular flexibility index (Phi) is 2.87. The molecule has 3 heteroatoms. The average molecular weight is 170 g/mol. The molecule has 3 nitrogen and oxygen atoms in total. The van der Waals surface area contributed by atoms with Gasteiger partial charge < -0.3 is 9.84 Å². The normalized spacial score (nSPS) is 28.5. The molecule has 1 fully saturated rings. The van der Waals surface area contributed by atoms with E-state index < -0.39 is 12.1 Å². The Hall–Kier alpha value is -0.830. The highest BCUT2D eigenvalue weighted by atomic mass is 16.5. The SMILES string of the molecule is C=C(C(=O)OC)C1CCCC1O. The molecule has 12 heavy (non-hydrogen) atoms. The first-order valence-corrected chi connectivity index (χ1v) is 4.12. The molecule has 1 rings (SSSR count). The van der Waals surface area contributed by atoms with E-state index in [2.05, 4.69) is 11.3 Å². The van der Waals surface area contributed by atoms with Crippen molar-refractivity contribution >= 4 is 5.97 Å². The average Bonchev–Trinajstić information content (AvgIpc) is 2.48. The minimum Gasteiger partial charge on any atom is -0.466 e. The van der Waals surface area contributed by atoms with Gasteiger partial charge in [-0.1, -0.05) is 13.0 Å². The van der Waals surface area contributed by atoms with Crippen LogP contribution >= 0.6 is 0 Å². The van der Waals surface area contributed by atoms with Crippen LogP contribution in [0.5, 0.6) is 0 Å². The summed E-state index contributed by atoms with van der Waals surface area (Å²) in [4.78, 5) is 11.0. The Morgan fingerprint density at radius 1 is 1.58 bits per heavy atom. The van der Waals surface area contributed by atoms with E-state index in [1.165, 1.54) is 7.11 Å². The number of carbonyl (C=O) groups excluding carboxylic acids is 1. The van der Waals surface area contributed by atoms with Crippen molar-refractivity contribution in [3.8, 4) is 0 Å². The van der Waals surface area contributed by atoms with Gasteiger partial charge in [-0.3, -0.25) is 0 Å². The van der Waals surface area contributed by atoms with Gasteiger partial charge in [0.15, 0.2) is 0 Å². The van der Waals surface area contributed by atoms with Crippen LogP contribution in [0.4, 0.5) is 0 Å². The summed E-state index contributed by atoms with van der Waals surface area (Å²) in [6.07, 6.45) is 2.16. The minimum absolute atomic E-state index is 0.0857. The number of carbonyl (C=O) groups is 1. The number of aliphatic hydroxyl groups excluding tert-OH is 1. The Morgan fingerprint density at radius 2 is 2.25 bits per heavy atom. The molecule has 0 aliphatic heterocycles. The van der Waals surface area contributed by atoms with Gasteiger partial charge in [0.1, 0.15) is 0 Å². The predicted octanol–water partition coefficient (Wildman–Crippen LogP) is 0.877. The molecule has 0 spiro atoms. The summed E-state index contributed by atoms with van der Waals surface area (Å²) in [5.74, 6) is -0.488. The Morgan fingerprint density at radius 3 is 2.67 bits per heavy atom. The lowest BCUT2D eigenvalue weighted by molar-refractivity contribution is -0.137. The first kappa shape index (κ1) is 9.26. The zero-order valence-corrected chi connectivity index (χ0v) is 7.25. The molecule has 1 saturated carbocycles. The number of aliphatic hydroxyl groups is 1. The van der Waals surface area contributed by atoms with Crippen molar-refractivity contribution in [3.63, 3.8) is 0 Å². The maximum Gasteiger partial charge on any atom is 0.333 e. The lowest BCUT2D eigenvalue weighted by Crippen LogP contribution is -2.20. The fourth-order valence-corrected chi connectivity index (χ4v) is 1.63. The van der Waals surface area contributed by atoms with E-state index in [4.69, 9.17) is 0 Å². The molecule has 0 heterocycles. The summed E-state index contributed by atoms with van der Waals surface area (Å²) < 4.78 is 4.52. The second-order valence-electron chi connectivity index (χ2n) is 3.12. The van der Waals surface area contributed by atoms with Gasteiger partial charge in [0, 0.05) is 11.5 Å². The van der Waals surface area contributed by atoms with Crippen LogP contribution in [-0.4, -0.2) is 24.3 Å². The quantitative estimate of drug-likeness (QED) is 0.494. The lowest BCUT2D eigenvalue weighted by Gasteiger charge is -2.14. The third kappa shape index (κ3) is 1.67. The van der Waals surface area contributed by atoms with Crippen LogP contribution in [0.3, 0.4) is 0 Å². The predicted molar refractivity (Wildman–Crippen MR) is 44.5 cm³/mol. The van der Waals surface area contributed by atoms with Gasteiger partial charge in [-0.15, -0.1) is 0 Å². The summed E-state index contributed by atoms with van der Waals surface area (Å²) in [5.41, 5.74) is 0.405. The monoisotopic (exact) mass is 170 g/mol. The van der Waals surface area contributed by atoms with Crippen molar-refractivity contribution in [1.29, 1.82) is 0 Å². The molecule has 1 N–H and O–H groups in total. The van der Waals surface area contributed by atoms with Crippen LogP contribution in [0.1, 0.15) is 19.3 Å². The molecular weight excluding hydrogens is 156 g/mol. The maximum atomic E-state index is 11.0. The zero-order chi connectivity index (χ0) is 9.14. The van der Waals surface area contributed by atoms with Crippen molar-refractivity contribution < 1.29 is 14.6 Å². The van der Waals surface area contributed by atoms with E-state index in [1.807, 2.05) is 0 Å². The highest BCUT2D eigenvalue weighted by Gasteiger charge is 2.30. The zero-order valence-electron chi connectivity index (χ0n) is 7.25. The van der Waals surface area contributed by atoms with E-state index in [0.717, 1.165) is 19.3 Å². The fraction of sp³-hybridized carbons (Fsp3) is 0.667. The van der Waals surface area contributed by atoms with E-state index in [9.17, 15) is 9.90 Å². The first-order valence-electron chi connectivity index (χ1n) is 4.12. The number of ether oxygens (including phenoxy) is 1. The molecule has 0 saturated heterocycles. The molecule has 2 atom stereocenters. The number of methoxy groups -OCH3 is 1. The van der Waals surface area contributed by atoms with E-state index in [0.29, 0.717) is 5.57 Å². The summed E-state index contributed by atoms with van der Waals surface area (Å²) >= 11 is 0. The second kappa shape index (κ2) is 3.72. The molecule has 0 aromatic rings. The maximum absolute atomic E-state index is 11.0. The molecule has 0 bridgehead atoms. The standard InChI is InChI=1S/C9H14O3/c1-6(9(11)12-2)7-4-3-5-8(7)10/h7-8,10H,1,3-5H2,2H3. The van der Waals surface area contributed by atoms with E-state index in [-0.39, 0.29) is 5.92 Å². The molecule has 0 aromatic carbocycles. The highest BCUT2D eigenvalue weighted by molar-refractivity contribution is 5.88. The Labute approximate surface area is 72.0 Å². The van der Waals surface area contributed by atoms with Gasteiger partial charge in [0.05, 0.1) is 13.2 Å². The van der Waals surface area contributed by atoms with Gasteiger partial charge in [-0.25, -0.2) is 4.79 Å². The number of esters is 1. The summed E-state index contributed by atoms with van der Waals surface area (Å²) in [6.45, 7) is 3.62. The summed E-state index contributed by atoms with van der Waals surface area (Å²) in [7, 11) is 1.33. The molecule has 0 radical (unpaired) electrons. The third-order valence-corrected chi connectivity index (χ3v) is 2.37. The second-order valence-corrected chi connectivity index (χ2v) is 3.12. The van der Waals surface area contributed by atoms with E-state index in [1.54, 1.807) is 0 Å². The van der Waals surface area contributed by atoms with E-state index >= 15 is 0 Å². The molecule has 2 unspecified atom stereocenters. The number of hydrogen-bond acceptors (Lipinski definition) is 3. The van der Waals surface area contributed by atoms with Gasteiger partial charge >= 0.3 is 5.97 Å². The number of rotatable bonds is 2. The van der Waals surface area contributed by atoms with Crippen molar-refractivity contribution in [2.24, 2.45) is 5.92 Å². The van der Waals surface area contributed by atoms with Crippen LogP contribution in [0, 0.1) is 5.92 Å². The number of hydrogen-bond donors (Lipinski definition) is 1. The fourth-order valence-electron chi connectivity index (χ4n) is 1.63. The molecule has 0 aromatic heterocycles. The van der Waals surface area contributed by atoms with Crippen molar-refractivity contribution in [1.82, 2.24) is 0 Å². The van der Waals surface area contributed by atoms with Gasteiger partial charge in [-0.05, 0) is 12.8 Å². The van der Waals surface area contributed by atoms with Gasteiger partial charge in [-0.2, -0.15) is 0 Å². The largest absolute Gasteiger partial charge is 0.466 e. The topological polar surface area (TPSA) is 46.5 Å². The summed E-state index contributed by atoms with van der Waals surface area (Å²) in [5, 5.41) is 9.44. The first-order chi connectivity index (χ1) is 5.66. The van der Waals surface area contributed by atoms with Crippen molar-refractivity contribution in [2.75, 3.05) is 7.11 Å². The van der Waals surface area contributed by atoms with Crippen LogP contribution in [-0.2, 0) is 9.53 Å². The Bertz CT molecular complexity index is 198.